The Morgan fingerprint density at radius 2 is 2.22 bits per heavy atom. The molecule has 0 unspecified atom stereocenters. The lowest BCUT2D eigenvalue weighted by Gasteiger charge is -2.26. The third-order valence-electron chi connectivity index (χ3n) is 3.82. The van der Waals surface area contributed by atoms with Crippen LogP contribution in [0.25, 0.3) is 11.3 Å². The molecule has 1 aromatic carbocycles. The molecule has 122 valence electrons. The zero-order valence-electron chi connectivity index (χ0n) is 13.1. The molecule has 3 rings (SSSR count). The molecule has 6 heteroatoms. The first-order valence-electron chi connectivity index (χ1n) is 7.70. The van der Waals surface area contributed by atoms with E-state index in [1.54, 1.807) is 19.1 Å². The average molecular weight is 319 g/mol. The van der Waals surface area contributed by atoms with Crippen molar-refractivity contribution in [3.63, 3.8) is 0 Å². The average Bonchev–Trinajstić information content (AvgIpc) is 2.89. The number of rotatable bonds is 5. The van der Waals surface area contributed by atoms with Crippen LogP contribution in [0.1, 0.15) is 42.2 Å². The lowest BCUT2D eigenvalue weighted by Crippen LogP contribution is -2.25. The second-order valence-corrected chi connectivity index (χ2v) is 5.56. The van der Waals surface area contributed by atoms with Crippen LogP contribution < -0.4 is 4.74 Å². The number of halogens is 1. The maximum atomic E-state index is 14.2. The summed E-state index contributed by atoms with van der Waals surface area (Å²) in [6.45, 7) is 3.76. The Balaban J connectivity index is 2.04. The number of ether oxygens (including phenoxy) is 2. The van der Waals surface area contributed by atoms with Gasteiger partial charge in [0.15, 0.2) is 0 Å². The molecule has 0 bridgehead atoms. The molecule has 1 fully saturated rings. The number of carbonyl (C=O) groups is 1. The fourth-order valence-electron chi connectivity index (χ4n) is 2.36. The Morgan fingerprint density at radius 3 is 2.87 bits per heavy atom. The number of nitrogens with zero attached hydrogens (tertiary/aromatic N) is 1. The number of benzene rings is 1. The van der Waals surface area contributed by atoms with Crippen LogP contribution in [0.3, 0.4) is 0 Å². The van der Waals surface area contributed by atoms with E-state index >= 15 is 0 Å². The molecule has 0 atom stereocenters. The molecule has 1 aliphatic carbocycles. The van der Waals surface area contributed by atoms with E-state index in [-0.39, 0.29) is 35.5 Å². The van der Waals surface area contributed by atoms with Crippen molar-refractivity contribution >= 4 is 5.97 Å². The van der Waals surface area contributed by atoms with Gasteiger partial charge in [0.05, 0.1) is 18.3 Å². The van der Waals surface area contributed by atoms with Crippen molar-refractivity contribution in [2.24, 2.45) is 0 Å². The molecule has 5 nitrogen and oxygen atoms in total. The van der Waals surface area contributed by atoms with Crippen LogP contribution in [0.2, 0.25) is 0 Å². The number of esters is 1. The number of aryl methyl sites for hydroxylation is 1. The van der Waals surface area contributed by atoms with E-state index in [1.807, 2.05) is 6.92 Å². The summed E-state index contributed by atoms with van der Waals surface area (Å²) in [5.41, 5.74) is 1.04. The SMILES string of the molecule is CCOC(=O)c1noc(-c2cc(C)ccc2F)c1OC1CCC1. The van der Waals surface area contributed by atoms with Crippen LogP contribution in [0.4, 0.5) is 4.39 Å². The highest BCUT2D eigenvalue weighted by Gasteiger charge is 2.31. The van der Waals surface area contributed by atoms with Gasteiger partial charge in [-0.25, -0.2) is 9.18 Å². The first-order valence-corrected chi connectivity index (χ1v) is 7.70. The molecule has 23 heavy (non-hydrogen) atoms. The highest BCUT2D eigenvalue weighted by atomic mass is 19.1. The minimum Gasteiger partial charge on any atom is -0.484 e. The van der Waals surface area contributed by atoms with E-state index in [1.165, 1.54) is 6.07 Å². The molecule has 0 amide bonds. The normalized spacial score (nSPS) is 14.4. The van der Waals surface area contributed by atoms with Gasteiger partial charge in [-0.2, -0.15) is 0 Å². The highest BCUT2D eigenvalue weighted by Crippen LogP contribution is 2.38. The summed E-state index contributed by atoms with van der Waals surface area (Å²) in [5, 5.41) is 3.75. The van der Waals surface area contributed by atoms with Crippen molar-refractivity contribution < 1.29 is 23.2 Å². The Morgan fingerprint density at radius 1 is 1.43 bits per heavy atom. The van der Waals surface area contributed by atoms with Gasteiger partial charge in [-0.05, 0) is 45.2 Å². The van der Waals surface area contributed by atoms with Gasteiger partial charge in [-0.15, -0.1) is 0 Å². The lowest BCUT2D eigenvalue weighted by atomic mass is 9.96. The summed E-state index contributed by atoms with van der Waals surface area (Å²) in [5.74, 6) is -0.802. The summed E-state index contributed by atoms with van der Waals surface area (Å²) in [7, 11) is 0. The third kappa shape index (κ3) is 3.06. The van der Waals surface area contributed by atoms with Crippen LogP contribution in [0, 0.1) is 12.7 Å². The van der Waals surface area contributed by atoms with Gasteiger partial charge in [-0.1, -0.05) is 16.8 Å². The van der Waals surface area contributed by atoms with Gasteiger partial charge in [0.2, 0.25) is 17.2 Å². The van der Waals surface area contributed by atoms with E-state index < -0.39 is 11.8 Å². The van der Waals surface area contributed by atoms with Crippen molar-refractivity contribution in [2.75, 3.05) is 6.61 Å². The van der Waals surface area contributed by atoms with Gasteiger partial charge < -0.3 is 14.0 Å². The van der Waals surface area contributed by atoms with Crippen molar-refractivity contribution in [3.8, 4) is 17.1 Å². The number of carbonyl (C=O) groups excluding carboxylic acids is 1. The fourth-order valence-corrected chi connectivity index (χ4v) is 2.36. The number of hydrogen-bond donors (Lipinski definition) is 0. The maximum Gasteiger partial charge on any atom is 0.364 e. The van der Waals surface area contributed by atoms with Crippen molar-refractivity contribution in [1.82, 2.24) is 5.16 Å². The van der Waals surface area contributed by atoms with Crippen LogP contribution in [-0.4, -0.2) is 23.8 Å². The monoisotopic (exact) mass is 319 g/mol. The summed E-state index contributed by atoms with van der Waals surface area (Å²) < 4.78 is 30.2. The Bertz CT molecular complexity index is 721. The van der Waals surface area contributed by atoms with Gasteiger partial charge >= 0.3 is 5.97 Å². The second kappa shape index (κ2) is 6.40. The molecule has 1 aromatic heterocycles. The molecular formula is C17H18FNO4. The number of aromatic nitrogens is 1. The topological polar surface area (TPSA) is 61.6 Å². The van der Waals surface area contributed by atoms with Gasteiger partial charge in [0.25, 0.3) is 0 Å². The Hall–Kier alpha value is -2.37. The minimum atomic E-state index is -0.634. The first kappa shape index (κ1) is 15.5. The minimum absolute atomic E-state index is 0.00537. The summed E-state index contributed by atoms with van der Waals surface area (Å²) >= 11 is 0. The van der Waals surface area contributed by atoms with Crippen LogP contribution in [-0.2, 0) is 4.74 Å². The van der Waals surface area contributed by atoms with Gasteiger partial charge in [0.1, 0.15) is 5.82 Å². The smallest absolute Gasteiger partial charge is 0.364 e. The Labute approximate surface area is 133 Å². The van der Waals surface area contributed by atoms with Gasteiger partial charge in [0, 0.05) is 0 Å². The van der Waals surface area contributed by atoms with E-state index in [0.717, 1.165) is 24.8 Å². The van der Waals surface area contributed by atoms with Crippen molar-refractivity contribution in [2.45, 2.75) is 39.2 Å². The van der Waals surface area contributed by atoms with E-state index in [9.17, 15) is 9.18 Å². The molecule has 1 heterocycles. The molecule has 1 saturated carbocycles. The fraction of sp³-hybridized carbons (Fsp3) is 0.412. The Kier molecular flexibility index (Phi) is 4.32. The predicted octanol–water partition coefficient (Wildman–Crippen LogP) is 3.90. The molecule has 2 aromatic rings. The third-order valence-corrected chi connectivity index (χ3v) is 3.82. The van der Waals surface area contributed by atoms with Crippen LogP contribution >= 0.6 is 0 Å². The molecule has 0 saturated heterocycles. The molecule has 0 aliphatic heterocycles. The van der Waals surface area contributed by atoms with Gasteiger partial charge in [-0.3, -0.25) is 0 Å². The lowest BCUT2D eigenvalue weighted by molar-refractivity contribution is 0.0502. The summed E-state index contributed by atoms with van der Waals surface area (Å²) in [6, 6.07) is 4.65. The predicted molar refractivity (Wildman–Crippen MR) is 80.9 cm³/mol. The molecule has 0 N–H and O–H groups in total. The maximum absolute atomic E-state index is 14.2. The zero-order valence-corrected chi connectivity index (χ0v) is 13.1. The van der Waals surface area contributed by atoms with E-state index in [0.29, 0.717) is 0 Å². The van der Waals surface area contributed by atoms with Crippen molar-refractivity contribution in [3.05, 3.63) is 35.3 Å². The second-order valence-electron chi connectivity index (χ2n) is 5.56. The largest absolute Gasteiger partial charge is 0.484 e. The molecule has 1 aliphatic rings. The quantitative estimate of drug-likeness (QED) is 0.782. The summed E-state index contributed by atoms with van der Waals surface area (Å²) in [4.78, 5) is 12.0. The van der Waals surface area contributed by atoms with Crippen molar-refractivity contribution in [1.29, 1.82) is 0 Å². The standard InChI is InChI=1S/C17H18FNO4/c1-3-21-17(20)14-16(22-11-5-4-6-11)15(23-19-14)12-9-10(2)7-8-13(12)18/h7-9,11H,3-6H2,1-2H3. The van der Waals surface area contributed by atoms with E-state index in [2.05, 4.69) is 5.16 Å². The molecule has 0 spiro atoms. The molecular weight excluding hydrogens is 301 g/mol. The highest BCUT2D eigenvalue weighted by molar-refractivity contribution is 5.92. The van der Waals surface area contributed by atoms with E-state index in [4.69, 9.17) is 14.0 Å². The van der Waals surface area contributed by atoms with Crippen LogP contribution in [0.15, 0.2) is 22.7 Å². The van der Waals surface area contributed by atoms with Crippen LogP contribution in [0.5, 0.6) is 5.75 Å². The molecule has 0 radical (unpaired) electrons. The first-order chi connectivity index (χ1) is 11.1. The summed E-state index contributed by atoms with van der Waals surface area (Å²) in [6.07, 6.45) is 2.85. The number of hydrogen-bond acceptors (Lipinski definition) is 5. The zero-order chi connectivity index (χ0) is 16.4.